The van der Waals surface area contributed by atoms with Crippen molar-refractivity contribution in [1.82, 2.24) is 0 Å². The maximum absolute atomic E-state index is 10.2. The molecular formula is C27H40O3. The largest absolute Gasteiger partial charge is 0.393 e. The van der Waals surface area contributed by atoms with Crippen LogP contribution in [-0.4, -0.2) is 33.6 Å². The summed E-state index contributed by atoms with van der Waals surface area (Å²) >= 11 is 0. The summed E-state index contributed by atoms with van der Waals surface area (Å²) in [6.45, 7) is 8.88. The molecule has 0 aromatic rings. The topological polar surface area (TPSA) is 60.7 Å². The van der Waals surface area contributed by atoms with Crippen molar-refractivity contribution < 1.29 is 15.3 Å². The lowest BCUT2D eigenvalue weighted by Crippen LogP contribution is -2.35. The second-order valence-electron chi connectivity index (χ2n) is 10.7. The maximum atomic E-state index is 10.2. The predicted molar refractivity (Wildman–Crippen MR) is 122 cm³/mol. The summed E-state index contributed by atoms with van der Waals surface area (Å²) in [5.74, 6) is 2.28. The highest BCUT2D eigenvalue weighted by Crippen LogP contribution is 2.59. The molecule has 7 atom stereocenters. The zero-order valence-electron chi connectivity index (χ0n) is 18.8. The van der Waals surface area contributed by atoms with Crippen LogP contribution in [0.3, 0.4) is 0 Å². The molecule has 0 aromatic heterocycles. The minimum Gasteiger partial charge on any atom is -0.393 e. The molecular weight excluding hydrogens is 372 g/mol. The number of hydrogen-bond acceptors (Lipinski definition) is 3. The number of fused-ring (bicyclic) bond motifs is 1. The van der Waals surface area contributed by atoms with Crippen LogP contribution in [0.1, 0.15) is 71.6 Å². The Bertz CT molecular complexity index is 743. The Hall–Kier alpha value is -1.16. The molecule has 0 spiro atoms. The first-order valence-electron chi connectivity index (χ1n) is 12.1. The minimum absolute atomic E-state index is 0.250. The van der Waals surface area contributed by atoms with Crippen LogP contribution in [0.4, 0.5) is 0 Å². The quantitative estimate of drug-likeness (QED) is 0.551. The Morgan fingerprint density at radius 3 is 2.60 bits per heavy atom. The van der Waals surface area contributed by atoms with E-state index < -0.39 is 12.2 Å². The van der Waals surface area contributed by atoms with E-state index in [-0.39, 0.29) is 6.10 Å². The molecule has 166 valence electrons. The summed E-state index contributed by atoms with van der Waals surface area (Å²) in [6, 6.07) is 0. The van der Waals surface area contributed by atoms with Crippen LogP contribution in [0.25, 0.3) is 0 Å². The van der Waals surface area contributed by atoms with Gasteiger partial charge in [0.2, 0.25) is 0 Å². The summed E-state index contributed by atoms with van der Waals surface area (Å²) < 4.78 is 0. The number of allylic oxidation sites excluding steroid dienone is 4. The van der Waals surface area contributed by atoms with Gasteiger partial charge in [-0.1, -0.05) is 50.3 Å². The predicted octanol–water partition coefficient (Wildman–Crippen LogP) is 5.09. The molecule has 4 rings (SSSR count). The van der Waals surface area contributed by atoms with Gasteiger partial charge in [-0.15, -0.1) is 0 Å². The van der Waals surface area contributed by atoms with Crippen molar-refractivity contribution in [2.45, 2.75) is 89.9 Å². The number of hydrogen-bond donors (Lipinski definition) is 3. The molecule has 4 aliphatic rings. The Morgan fingerprint density at radius 2 is 1.87 bits per heavy atom. The van der Waals surface area contributed by atoms with Gasteiger partial charge in [-0.25, -0.2) is 0 Å². The molecule has 0 aromatic carbocycles. The Labute approximate surface area is 182 Å². The third kappa shape index (κ3) is 4.40. The van der Waals surface area contributed by atoms with Gasteiger partial charge in [-0.3, -0.25) is 0 Å². The van der Waals surface area contributed by atoms with Gasteiger partial charge in [0.15, 0.2) is 0 Å². The Morgan fingerprint density at radius 1 is 1.10 bits per heavy atom. The summed E-state index contributed by atoms with van der Waals surface area (Å²) in [5.41, 5.74) is 3.63. The molecule has 0 bridgehead atoms. The maximum Gasteiger partial charge on any atom is 0.0811 e. The van der Waals surface area contributed by atoms with Crippen molar-refractivity contribution in [2.75, 3.05) is 0 Å². The molecule has 3 heteroatoms. The third-order valence-electron chi connectivity index (χ3n) is 8.65. The SMILES string of the molecule is C=C1C(=CC=C2CCC[C@]3(C)[C@@H]([C@H](C)C=CC(O)C4CC4)CC[C@@H]23)C[C@@H](O)C[C@@H]1O. The highest BCUT2D eigenvalue weighted by atomic mass is 16.3. The summed E-state index contributed by atoms with van der Waals surface area (Å²) in [7, 11) is 0. The van der Waals surface area contributed by atoms with Gasteiger partial charge in [0.25, 0.3) is 0 Å². The van der Waals surface area contributed by atoms with E-state index in [9.17, 15) is 15.3 Å². The summed E-state index contributed by atoms with van der Waals surface area (Å²) in [4.78, 5) is 0. The van der Waals surface area contributed by atoms with Gasteiger partial charge in [-0.05, 0) is 91.6 Å². The first-order valence-corrected chi connectivity index (χ1v) is 12.1. The molecule has 0 aliphatic heterocycles. The zero-order chi connectivity index (χ0) is 21.5. The average Bonchev–Trinajstić information content (AvgIpc) is 3.49. The molecule has 30 heavy (non-hydrogen) atoms. The highest BCUT2D eigenvalue weighted by molar-refractivity contribution is 5.38. The van der Waals surface area contributed by atoms with Crippen LogP contribution >= 0.6 is 0 Å². The van der Waals surface area contributed by atoms with Crippen LogP contribution in [0.2, 0.25) is 0 Å². The third-order valence-corrected chi connectivity index (χ3v) is 8.65. The lowest BCUT2D eigenvalue weighted by molar-refractivity contribution is 0.0862. The van der Waals surface area contributed by atoms with Crippen molar-refractivity contribution in [1.29, 1.82) is 0 Å². The standard InChI is InChI=1S/C27H40O3/c1-17(6-13-25(29)20-8-9-20)23-11-12-24-19(5-4-14-27(23,24)3)7-10-21-15-22(28)16-26(30)18(21)2/h6-7,10,13,17,20,22-26,28-30H,2,4-5,8-9,11-12,14-16H2,1,3H3/t17-,22-,23-,24+,25?,26+,27-/m1/s1. The van der Waals surface area contributed by atoms with Crippen LogP contribution in [0.5, 0.6) is 0 Å². The summed E-state index contributed by atoms with van der Waals surface area (Å²) in [6.07, 6.45) is 16.9. The molecule has 4 fully saturated rings. The molecule has 4 aliphatic carbocycles. The van der Waals surface area contributed by atoms with Gasteiger partial charge in [0, 0.05) is 6.42 Å². The van der Waals surface area contributed by atoms with Gasteiger partial charge >= 0.3 is 0 Å². The zero-order valence-corrected chi connectivity index (χ0v) is 18.8. The van der Waals surface area contributed by atoms with Crippen LogP contribution in [0.15, 0.2) is 47.6 Å². The van der Waals surface area contributed by atoms with Crippen LogP contribution in [0, 0.1) is 29.1 Å². The summed E-state index contributed by atoms with van der Waals surface area (Å²) in [5, 5.41) is 30.4. The molecule has 3 N–H and O–H groups in total. The van der Waals surface area contributed by atoms with E-state index in [1.807, 2.05) is 0 Å². The average molecular weight is 413 g/mol. The second kappa shape index (κ2) is 8.76. The molecule has 0 heterocycles. The molecule has 4 saturated carbocycles. The second-order valence-corrected chi connectivity index (χ2v) is 10.7. The van der Waals surface area contributed by atoms with E-state index in [0.29, 0.717) is 41.9 Å². The Kier molecular flexibility index (Phi) is 6.44. The number of aliphatic hydroxyl groups is 3. The van der Waals surface area contributed by atoms with Gasteiger partial charge in [0.05, 0.1) is 18.3 Å². The normalized spacial score (nSPS) is 42.1. The van der Waals surface area contributed by atoms with Gasteiger partial charge in [-0.2, -0.15) is 0 Å². The van der Waals surface area contributed by atoms with E-state index in [4.69, 9.17) is 0 Å². The van der Waals surface area contributed by atoms with Crippen LogP contribution in [-0.2, 0) is 0 Å². The molecule has 0 radical (unpaired) electrons. The minimum atomic E-state index is -0.621. The van der Waals surface area contributed by atoms with E-state index in [1.165, 1.54) is 44.1 Å². The Balaban J connectivity index is 1.48. The lowest BCUT2D eigenvalue weighted by atomic mass is 9.61. The monoisotopic (exact) mass is 412 g/mol. The van der Waals surface area contributed by atoms with E-state index in [2.05, 4.69) is 44.7 Å². The van der Waals surface area contributed by atoms with Crippen molar-refractivity contribution in [3.05, 3.63) is 47.6 Å². The smallest absolute Gasteiger partial charge is 0.0811 e. The highest BCUT2D eigenvalue weighted by Gasteiger charge is 2.50. The van der Waals surface area contributed by atoms with E-state index in [1.54, 1.807) is 0 Å². The van der Waals surface area contributed by atoms with E-state index in [0.717, 1.165) is 17.6 Å². The molecule has 0 saturated heterocycles. The fourth-order valence-electron chi connectivity index (χ4n) is 6.63. The lowest BCUT2D eigenvalue weighted by Gasteiger charge is -2.44. The van der Waals surface area contributed by atoms with Gasteiger partial charge < -0.3 is 15.3 Å². The first kappa shape index (κ1) is 22.0. The fraction of sp³-hybridized carbons (Fsp3) is 0.704. The fourth-order valence-corrected chi connectivity index (χ4v) is 6.63. The van der Waals surface area contributed by atoms with Gasteiger partial charge in [0.1, 0.15) is 0 Å². The van der Waals surface area contributed by atoms with Crippen molar-refractivity contribution in [2.24, 2.45) is 29.1 Å². The number of aliphatic hydroxyl groups excluding tert-OH is 3. The van der Waals surface area contributed by atoms with Crippen molar-refractivity contribution in [3.8, 4) is 0 Å². The first-order chi connectivity index (χ1) is 14.3. The molecule has 0 amide bonds. The molecule has 1 unspecified atom stereocenters. The van der Waals surface area contributed by atoms with E-state index >= 15 is 0 Å². The molecule has 3 nitrogen and oxygen atoms in total. The number of rotatable bonds is 5. The van der Waals surface area contributed by atoms with Crippen LogP contribution < -0.4 is 0 Å². The van der Waals surface area contributed by atoms with Crippen molar-refractivity contribution >= 4 is 0 Å². The van der Waals surface area contributed by atoms with Crippen molar-refractivity contribution in [3.63, 3.8) is 0 Å².